The molecule has 0 bridgehead atoms. The fourth-order valence-corrected chi connectivity index (χ4v) is 1.70. The van der Waals surface area contributed by atoms with Gasteiger partial charge in [0.1, 0.15) is 11.8 Å². The van der Waals surface area contributed by atoms with E-state index in [0.717, 1.165) is 11.1 Å². The molecule has 0 aliphatic heterocycles. The molecule has 0 unspecified atom stereocenters. The highest BCUT2D eigenvalue weighted by Gasteiger charge is 2.00. The van der Waals surface area contributed by atoms with E-state index in [4.69, 9.17) is 21.5 Å². The maximum Gasteiger partial charge on any atom is 0.213 e. The summed E-state index contributed by atoms with van der Waals surface area (Å²) in [5.74, 6) is 0.599. The first kappa shape index (κ1) is 13.4. The van der Waals surface area contributed by atoms with Crippen LogP contribution in [0.1, 0.15) is 11.1 Å². The Morgan fingerprint density at radius 1 is 1.16 bits per heavy atom. The highest BCUT2D eigenvalue weighted by atomic mass is 35.5. The van der Waals surface area contributed by atoms with Crippen molar-refractivity contribution in [1.82, 2.24) is 4.98 Å². The van der Waals surface area contributed by atoms with Crippen LogP contribution in [0.4, 0.5) is 0 Å². The topological polar surface area (TPSA) is 54.7 Å². The standard InChI is InChI=1S/C14H13ClN2O2/c15-13(17-18)9-11-4-6-12(7-5-11)10-19-14-3-1-2-8-16-14/h1-8,18H,9-10H2/b17-13-. The molecule has 0 radical (unpaired) electrons. The molecule has 0 aliphatic rings. The number of oxime groups is 1. The van der Waals surface area contributed by atoms with Gasteiger partial charge in [-0.3, -0.25) is 0 Å². The van der Waals surface area contributed by atoms with Gasteiger partial charge in [0.15, 0.2) is 0 Å². The van der Waals surface area contributed by atoms with Crippen LogP contribution in [0.15, 0.2) is 53.8 Å². The van der Waals surface area contributed by atoms with E-state index in [0.29, 0.717) is 18.9 Å². The molecule has 0 aliphatic carbocycles. The van der Waals surface area contributed by atoms with Crippen molar-refractivity contribution < 1.29 is 9.94 Å². The molecule has 0 fully saturated rings. The molecular formula is C14H13ClN2O2. The Labute approximate surface area is 116 Å². The van der Waals surface area contributed by atoms with Crippen molar-refractivity contribution in [2.24, 2.45) is 5.16 Å². The van der Waals surface area contributed by atoms with Crippen LogP contribution < -0.4 is 4.74 Å². The average molecular weight is 277 g/mol. The Bertz CT molecular complexity index is 541. The van der Waals surface area contributed by atoms with Gasteiger partial charge in [0, 0.05) is 18.7 Å². The summed E-state index contributed by atoms with van der Waals surface area (Å²) in [7, 11) is 0. The molecule has 5 heteroatoms. The molecule has 0 spiro atoms. The first-order valence-corrected chi connectivity index (χ1v) is 6.14. The molecule has 2 aromatic rings. The molecule has 2 rings (SSSR count). The van der Waals surface area contributed by atoms with Crippen LogP contribution in [-0.2, 0) is 13.0 Å². The zero-order chi connectivity index (χ0) is 13.5. The van der Waals surface area contributed by atoms with Crippen LogP contribution in [0.2, 0.25) is 0 Å². The van der Waals surface area contributed by atoms with Crippen molar-refractivity contribution in [1.29, 1.82) is 0 Å². The van der Waals surface area contributed by atoms with Crippen LogP contribution in [0, 0.1) is 0 Å². The predicted octanol–water partition coefficient (Wildman–Crippen LogP) is 3.23. The summed E-state index contributed by atoms with van der Waals surface area (Å²) in [6.07, 6.45) is 2.11. The van der Waals surface area contributed by atoms with E-state index in [2.05, 4.69) is 10.1 Å². The minimum Gasteiger partial charge on any atom is -0.473 e. The Morgan fingerprint density at radius 2 is 1.89 bits per heavy atom. The molecule has 0 atom stereocenters. The first-order valence-electron chi connectivity index (χ1n) is 5.76. The smallest absolute Gasteiger partial charge is 0.213 e. The van der Waals surface area contributed by atoms with Crippen molar-refractivity contribution in [3.8, 4) is 5.88 Å². The second-order valence-electron chi connectivity index (χ2n) is 3.93. The monoisotopic (exact) mass is 276 g/mol. The lowest BCUT2D eigenvalue weighted by Crippen LogP contribution is -1.98. The largest absolute Gasteiger partial charge is 0.473 e. The normalized spacial score (nSPS) is 11.3. The average Bonchev–Trinajstić information content (AvgIpc) is 2.47. The summed E-state index contributed by atoms with van der Waals surface area (Å²) in [5, 5.41) is 11.6. The van der Waals surface area contributed by atoms with E-state index in [1.165, 1.54) is 0 Å². The number of benzene rings is 1. The molecule has 0 saturated carbocycles. The zero-order valence-electron chi connectivity index (χ0n) is 10.2. The summed E-state index contributed by atoms with van der Waals surface area (Å²) in [6.45, 7) is 0.457. The van der Waals surface area contributed by atoms with Gasteiger partial charge in [0.05, 0.1) is 0 Å². The number of nitrogens with zero attached hydrogens (tertiary/aromatic N) is 2. The number of pyridine rings is 1. The number of aromatic nitrogens is 1. The van der Waals surface area contributed by atoms with E-state index in [1.54, 1.807) is 6.20 Å². The van der Waals surface area contributed by atoms with Gasteiger partial charge < -0.3 is 9.94 Å². The van der Waals surface area contributed by atoms with Crippen molar-refractivity contribution in [2.45, 2.75) is 13.0 Å². The first-order chi connectivity index (χ1) is 9.28. The molecule has 19 heavy (non-hydrogen) atoms. The summed E-state index contributed by atoms with van der Waals surface area (Å²) >= 11 is 5.65. The lowest BCUT2D eigenvalue weighted by Gasteiger charge is -2.05. The number of halogens is 1. The van der Waals surface area contributed by atoms with Crippen molar-refractivity contribution in [3.05, 3.63) is 59.8 Å². The van der Waals surface area contributed by atoms with Gasteiger partial charge in [-0.25, -0.2) is 4.98 Å². The Morgan fingerprint density at radius 3 is 2.53 bits per heavy atom. The van der Waals surface area contributed by atoms with Crippen molar-refractivity contribution in [3.63, 3.8) is 0 Å². The van der Waals surface area contributed by atoms with Gasteiger partial charge in [0.2, 0.25) is 5.88 Å². The summed E-state index contributed by atoms with van der Waals surface area (Å²) in [5.41, 5.74) is 2.01. The molecule has 0 saturated heterocycles. The Kier molecular flexibility index (Phi) is 4.75. The number of rotatable bonds is 5. The fraction of sp³-hybridized carbons (Fsp3) is 0.143. The second kappa shape index (κ2) is 6.75. The molecule has 4 nitrogen and oxygen atoms in total. The molecule has 0 amide bonds. The van der Waals surface area contributed by atoms with Gasteiger partial charge in [-0.15, -0.1) is 0 Å². The van der Waals surface area contributed by atoms with Crippen molar-refractivity contribution >= 4 is 16.8 Å². The molecular weight excluding hydrogens is 264 g/mol. The lowest BCUT2D eigenvalue weighted by molar-refractivity contribution is 0.294. The molecule has 98 valence electrons. The number of hydrogen-bond acceptors (Lipinski definition) is 4. The molecule has 1 N–H and O–H groups in total. The van der Waals surface area contributed by atoms with Gasteiger partial charge in [-0.05, 0) is 17.2 Å². The van der Waals surface area contributed by atoms with Crippen LogP contribution in [-0.4, -0.2) is 15.4 Å². The Balaban J connectivity index is 1.92. The number of ether oxygens (including phenoxy) is 1. The highest BCUT2D eigenvalue weighted by Crippen LogP contribution is 2.10. The van der Waals surface area contributed by atoms with Gasteiger partial charge in [-0.1, -0.05) is 47.1 Å². The minimum atomic E-state index is 0.164. The van der Waals surface area contributed by atoms with E-state index in [-0.39, 0.29) is 5.17 Å². The molecule has 1 aromatic carbocycles. The van der Waals surface area contributed by atoms with Crippen LogP contribution in [0.3, 0.4) is 0 Å². The van der Waals surface area contributed by atoms with E-state index in [1.807, 2.05) is 42.5 Å². The van der Waals surface area contributed by atoms with Crippen molar-refractivity contribution in [2.75, 3.05) is 0 Å². The van der Waals surface area contributed by atoms with E-state index in [9.17, 15) is 0 Å². The van der Waals surface area contributed by atoms with Crippen LogP contribution in [0.25, 0.3) is 0 Å². The summed E-state index contributed by atoms with van der Waals surface area (Å²) in [4.78, 5) is 4.08. The summed E-state index contributed by atoms with van der Waals surface area (Å²) in [6, 6.07) is 13.3. The van der Waals surface area contributed by atoms with Gasteiger partial charge in [-0.2, -0.15) is 0 Å². The van der Waals surface area contributed by atoms with Gasteiger partial charge in [0.25, 0.3) is 0 Å². The fourth-order valence-electron chi connectivity index (χ4n) is 1.55. The maximum absolute atomic E-state index is 8.49. The quantitative estimate of drug-likeness (QED) is 0.518. The number of hydrogen-bond donors (Lipinski definition) is 1. The second-order valence-corrected chi connectivity index (χ2v) is 4.36. The third kappa shape index (κ3) is 4.26. The van der Waals surface area contributed by atoms with Gasteiger partial charge >= 0.3 is 0 Å². The van der Waals surface area contributed by atoms with Crippen LogP contribution >= 0.6 is 11.6 Å². The predicted molar refractivity (Wildman–Crippen MR) is 73.8 cm³/mol. The highest BCUT2D eigenvalue weighted by molar-refractivity contribution is 6.65. The van der Waals surface area contributed by atoms with E-state index >= 15 is 0 Å². The third-order valence-corrected chi connectivity index (χ3v) is 2.72. The molecule has 1 heterocycles. The maximum atomic E-state index is 8.49. The van der Waals surface area contributed by atoms with Crippen LogP contribution in [0.5, 0.6) is 5.88 Å². The SMILES string of the molecule is O/N=C(\Cl)Cc1ccc(COc2ccccn2)cc1. The minimum absolute atomic E-state index is 0.164. The Hall–Kier alpha value is -2.07. The zero-order valence-corrected chi connectivity index (χ0v) is 10.9. The third-order valence-electron chi connectivity index (χ3n) is 2.51. The van der Waals surface area contributed by atoms with E-state index < -0.39 is 0 Å². The summed E-state index contributed by atoms with van der Waals surface area (Å²) < 4.78 is 5.53. The lowest BCUT2D eigenvalue weighted by atomic mass is 10.1. The molecule has 1 aromatic heterocycles.